The van der Waals surface area contributed by atoms with Crippen molar-refractivity contribution in [2.75, 3.05) is 0 Å². The molecular weight excluding hydrogens is 456 g/mol. The lowest BCUT2D eigenvalue weighted by molar-refractivity contribution is 0.288. The molecule has 4 aliphatic carbocycles. The smallest absolute Gasteiger partial charge is 0.131 e. The predicted octanol–water partition coefficient (Wildman–Crippen LogP) is 7.79. The molecule has 0 saturated carbocycles. The largest absolute Gasteiger partial charge is 0.457 e. The summed E-state index contributed by atoms with van der Waals surface area (Å²) < 4.78 is 7.65. The van der Waals surface area contributed by atoms with E-state index in [9.17, 15) is 0 Å². The first-order valence-electron chi connectivity index (χ1n) is 11.4. The molecule has 5 aliphatic rings. The number of hydrogen-bond donors (Lipinski definition) is 0. The Kier molecular flexibility index (Phi) is 3.72. The van der Waals surface area contributed by atoms with Crippen LogP contribution < -0.4 is 4.74 Å². The summed E-state index contributed by atoms with van der Waals surface area (Å²) in [4.78, 5) is 0. The second kappa shape index (κ2) is 6.36. The van der Waals surface area contributed by atoms with Crippen LogP contribution in [0.1, 0.15) is 18.1 Å². The van der Waals surface area contributed by atoms with E-state index in [1.54, 1.807) is 0 Å². The minimum absolute atomic E-state index is 0.0966. The molecule has 156 valence electrons. The van der Waals surface area contributed by atoms with E-state index in [2.05, 4.69) is 126 Å². The molecule has 2 heteroatoms. The van der Waals surface area contributed by atoms with Crippen LogP contribution in [-0.4, -0.2) is 0 Å². The van der Waals surface area contributed by atoms with E-state index in [1.165, 1.54) is 22.3 Å². The molecule has 0 saturated heterocycles. The standard InChI is InChI=1S/C30H23BrO/c1-29-17-16-20(31)18-27(29)30(28-21-9-3-2-8-19(21)14-15-24(28)29)22-10-4-6-12-25(22)32-26-13-7-5-11-23(26)30/h2-19,21,27H,1H3. The van der Waals surface area contributed by atoms with Gasteiger partial charge < -0.3 is 4.74 Å². The van der Waals surface area contributed by atoms with Gasteiger partial charge in [0, 0.05) is 38.8 Å². The molecule has 0 fully saturated rings. The first-order chi connectivity index (χ1) is 15.6. The van der Waals surface area contributed by atoms with E-state index in [-0.39, 0.29) is 16.7 Å². The van der Waals surface area contributed by atoms with Crippen LogP contribution in [0.4, 0.5) is 0 Å². The Morgan fingerprint density at radius 3 is 2.28 bits per heavy atom. The molecule has 1 aliphatic heterocycles. The first kappa shape index (κ1) is 18.7. The highest BCUT2D eigenvalue weighted by Crippen LogP contribution is 2.70. The minimum Gasteiger partial charge on any atom is -0.457 e. The molecule has 7 rings (SSSR count). The van der Waals surface area contributed by atoms with Gasteiger partial charge >= 0.3 is 0 Å². The number of ether oxygens (including phenoxy) is 1. The van der Waals surface area contributed by atoms with Crippen molar-refractivity contribution in [3.63, 3.8) is 0 Å². The zero-order chi connectivity index (χ0) is 21.5. The van der Waals surface area contributed by atoms with E-state index < -0.39 is 0 Å². The lowest BCUT2D eigenvalue weighted by Crippen LogP contribution is -2.43. The highest BCUT2D eigenvalue weighted by molar-refractivity contribution is 9.11. The lowest BCUT2D eigenvalue weighted by atomic mass is 9.56. The van der Waals surface area contributed by atoms with Crippen LogP contribution in [0.2, 0.25) is 0 Å². The van der Waals surface area contributed by atoms with Gasteiger partial charge in [-0.15, -0.1) is 0 Å². The van der Waals surface area contributed by atoms with E-state index >= 15 is 0 Å². The zero-order valence-electron chi connectivity index (χ0n) is 17.8. The van der Waals surface area contributed by atoms with E-state index in [1.807, 2.05) is 0 Å². The lowest BCUT2D eigenvalue weighted by Gasteiger charge is -2.48. The highest BCUT2D eigenvalue weighted by atomic mass is 79.9. The van der Waals surface area contributed by atoms with Crippen molar-refractivity contribution < 1.29 is 4.74 Å². The quantitative estimate of drug-likeness (QED) is 0.375. The Hall–Kier alpha value is -2.84. The normalized spacial score (nSPS) is 31.9. The Morgan fingerprint density at radius 1 is 0.844 bits per heavy atom. The molecule has 0 aromatic heterocycles. The van der Waals surface area contributed by atoms with Crippen molar-refractivity contribution in [3.8, 4) is 11.5 Å². The number of halogens is 1. The average Bonchev–Trinajstić information content (AvgIpc) is 3.06. The number of hydrogen-bond acceptors (Lipinski definition) is 1. The summed E-state index contributed by atoms with van der Waals surface area (Å²) >= 11 is 3.83. The molecule has 0 radical (unpaired) electrons. The SMILES string of the molecule is CC12C=CC(Br)=CC1C1(C3=C2C=CC2C=CC=CC32)c2ccccc2Oc2ccccc21. The number of allylic oxidation sites excluding steroid dienone is 12. The number of rotatable bonds is 0. The summed E-state index contributed by atoms with van der Waals surface area (Å²) in [5.74, 6) is 2.92. The monoisotopic (exact) mass is 478 g/mol. The molecule has 32 heavy (non-hydrogen) atoms. The minimum atomic E-state index is -0.289. The molecule has 2 aromatic carbocycles. The maximum atomic E-state index is 6.50. The van der Waals surface area contributed by atoms with E-state index in [4.69, 9.17) is 4.74 Å². The van der Waals surface area contributed by atoms with Gasteiger partial charge in [-0.25, -0.2) is 0 Å². The van der Waals surface area contributed by atoms with Crippen LogP contribution in [0.3, 0.4) is 0 Å². The Balaban J connectivity index is 1.66. The summed E-state index contributed by atoms with van der Waals surface area (Å²) in [6.45, 7) is 2.42. The molecule has 1 heterocycles. The van der Waals surface area contributed by atoms with Crippen molar-refractivity contribution in [3.05, 3.63) is 130 Å². The fourth-order valence-electron chi connectivity index (χ4n) is 6.91. The van der Waals surface area contributed by atoms with Gasteiger partial charge in [0.25, 0.3) is 0 Å². The van der Waals surface area contributed by atoms with Crippen molar-refractivity contribution in [2.24, 2.45) is 23.2 Å². The third-order valence-corrected chi connectivity index (χ3v) is 8.69. The molecule has 4 atom stereocenters. The van der Waals surface area contributed by atoms with Crippen LogP contribution in [0.15, 0.2) is 119 Å². The van der Waals surface area contributed by atoms with Crippen LogP contribution in [0.25, 0.3) is 0 Å². The summed E-state index contributed by atoms with van der Waals surface area (Å²) in [5.41, 5.74) is 5.17. The van der Waals surface area contributed by atoms with Gasteiger partial charge in [-0.1, -0.05) is 114 Å². The summed E-state index contributed by atoms with van der Waals surface area (Å²) in [6, 6.07) is 17.3. The van der Waals surface area contributed by atoms with Crippen LogP contribution in [0, 0.1) is 23.2 Å². The molecular formula is C30H23BrO. The van der Waals surface area contributed by atoms with E-state index in [0.717, 1.165) is 16.0 Å². The fraction of sp³-hybridized carbons (Fsp3) is 0.200. The predicted molar refractivity (Wildman–Crippen MR) is 133 cm³/mol. The number of benzene rings is 2. The van der Waals surface area contributed by atoms with Gasteiger partial charge in [-0.2, -0.15) is 0 Å². The van der Waals surface area contributed by atoms with Gasteiger partial charge in [0.2, 0.25) is 0 Å². The van der Waals surface area contributed by atoms with Gasteiger partial charge in [-0.3, -0.25) is 0 Å². The van der Waals surface area contributed by atoms with Gasteiger partial charge in [0.05, 0.1) is 5.41 Å². The number of fused-ring (bicyclic) bond motifs is 10. The topological polar surface area (TPSA) is 9.23 Å². The zero-order valence-corrected chi connectivity index (χ0v) is 19.4. The Morgan fingerprint density at radius 2 is 1.53 bits per heavy atom. The van der Waals surface area contributed by atoms with E-state index in [0.29, 0.717) is 11.8 Å². The fourth-order valence-corrected chi connectivity index (χ4v) is 7.31. The van der Waals surface area contributed by atoms with Crippen molar-refractivity contribution in [1.29, 1.82) is 0 Å². The van der Waals surface area contributed by atoms with Crippen molar-refractivity contribution in [2.45, 2.75) is 12.3 Å². The Bertz CT molecular complexity index is 1300. The van der Waals surface area contributed by atoms with Crippen molar-refractivity contribution in [1.82, 2.24) is 0 Å². The van der Waals surface area contributed by atoms with Crippen LogP contribution >= 0.6 is 15.9 Å². The van der Waals surface area contributed by atoms with Crippen molar-refractivity contribution >= 4 is 15.9 Å². The number of para-hydroxylation sites is 2. The second-order valence-electron chi connectivity index (χ2n) is 9.61. The summed E-state index contributed by atoms with van der Waals surface area (Å²) in [6.07, 6.45) is 21.1. The molecule has 4 unspecified atom stereocenters. The summed E-state index contributed by atoms with van der Waals surface area (Å²) in [5, 5.41) is 0. The Labute approximate surface area is 197 Å². The van der Waals surface area contributed by atoms with Gasteiger partial charge in [0.1, 0.15) is 11.5 Å². The second-order valence-corrected chi connectivity index (χ2v) is 10.5. The highest BCUT2D eigenvalue weighted by Gasteiger charge is 2.63. The van der Waals surface area contributed by atoms with Gasteiger partial charge in [0.15, 0.2) is 0 Å². The maximum Gasteiger partial charge on any atom is 0.131 e. The third kappa shape index (κ3) is 2.14. The molecule has 0 N–H and O–H groups in total. The average molecular weight is 479 g/mol. The molecule has 0 bridgehead atoms. The molecule has 1 spiro atoms. The maximum absolute atomic E-state index is 6.50. The van der Waals surface area contributed by atoms with Crippen LogP contribution in [0.5, 0.6) is 11.5 Å². The molecule has 0 amide bonds. The third-order valence-electron chi connectivity index (χ3n) is 8.16. The first-order valence-corrected chi connectivity index (χ1v) is 12.1. The van der Waals surface area contributed by atoms with Crippen LogP contribution in [-0.2, 0) is 5.41 Å². The van der Waals surface area contributed by atoms with Gasteiger partial charge in [-0.05, 0) is 23.3 Å². The summed E-state index contributed by atoms with van der Waals surface area (Å²) in [7, 11) is 0. The molecule has 1 nitrogen and oxygen atoms in total. The molecule has 2 aromatic rings.